The fraction of sp³-hybridized carbons (Fsp3) is 0.304. The summed E-state index contributed by atoms with van der Waals surface area (Å²) in [7, 11) is 1.81. The van der Waals surface area contributed by atoms with Crippen LogP contribution in [0, 0.1) is 6.92 Å². The number of nitrogens with one attached hydrogen (secondary N) is 1. The van der Waals surface area contributed by atoms with Gasteiger partial charge in [-0.05, 0) is 68.8 Å². The van der Waals surface area contributed by atoms with E-state index < -0.39 is 0 Å². The number of aryl methyl sites for hydroxylation is 2. The Labute approximate surface area is 176 Å². The predicted octanol–water partition coefficient (Wildman–Crippen LogP) is 4.36. The lowest BCUT2D eigenvalue weighted by atomic mass is 10.2. The average molecular weight is 409 g/mol. The molecule has 3 aromatic rings. The number of carbonyl (C=O) groups is 1. The van der Waals surface area contributed by atoms with Crippen molar-refractivity contribution in [1.82, 2.24) is 9.78 Å². The van der Waals surface area contributed by atoms with Crippen LogP contribution in [0.25, 0.3) is 0 Å². The maximum absolute atomic E-state index is 12.3. The van der Waals surface area contributed by atoms with Crippen molar-refractivity contribution in [3.8, 4) is 17.2 Å². The second-order valence-electron chi connectivity index (χ2n) is 6.71. The quantitative estimate of drug-likeness (QED) is 0.568. The molecular formula is C23H27N3O4. The SMILES string of the molecule is CCOc1ccc(COc2ccc(NC(=O)c3cc(C)n(C)n3)cc2)cc1OCC. The molecular weight excluding hydrogens is 382 g/mol. The van der Waals surface area contributed by atoms with E-state index in [-0.39, 0.29) is 5.91 Å². The third-order valence-electron chi connectivity index (χ3n) is 4.47. The van der Waals surface area contributed by atoms with Crippen LogP contribution in [0.2, 0.25) is 0 Å². The number of ether oxygens (including phenoxy) is 3. The van der Waals surface area contributed by atoms with E-state index in [0.717, 1.165) is 17.0 Å². The lowest BCUT2D eigenvalue weighted by molar-refractivity contribution is 0.102. The summed E-state index contributed by atoms with van der Waals surface area (Å²) in [5.74, 6) is 1.90. The lowest BCUT2D eigenvalue weighted by Gasteiger charge is -2.13. The van der Waals surface area contributed by atoms with E-state index in [9.17, 15) is 4.79 Å². The Hall–Kier alpha value is -3.48. The summed E-state index contributed by atoms with van der Waals surface area (Å²) in [6, 6.07) is 14.8. The molecule has 1 aromatic heterocycles. The fourth-order valence-corrected chi connectivity index (χ4v) is 2.85. The van der Waals surface area contributed by atoms with Gasteiger partial charge < -0.3 is 19.5 Å². The third-order valence-corrected chi connectivity index (χ3v) is 4.47. The van der Waals surface area contributed by atoms with Crippen LogP contribution in [-0.2, 0) is 13.7 Å². The molecule has 0 aliphatic heterocycles. The molecule has 0 radical (unpaired) electrons. The van der Waals surface area contributed by atoms with Crippen molar-refractivity contribution in [3.63, 3.8) is 0 Å². The third kappa shape index (κ3) is 5.31. The molecule has 1 heterocycles. The van der Waals surface area contributed by atoms with Crippen molar-refractivity contribution in [2.45, 2.75) is 27.4 Å². The number of hydrogen-bond donors (Lipinski definition) is 1. The fourth-order valence-electron chi connectivity index (χ4n) is 2.85. The molecule has 30 heavy (non-hydrogen) atoms. The first-order chi connectivity index (χ1) is 14.5. The van der Waals surface area contributed by atoms with Gasteiger partial charge in [-0.3, -0.25) is 9.48 Å². The molecule has 0 atom stereocenters. The molecule has 7 nitrogen and oxygen atoms in total. The first kappa shape index (κ1) is 21.2. The smallest absolute Gasteiger partial charge is 0.276 e. The Kier molecular flexibility index (Phi) is 6.95. The first-order valence-corrected chi connectivity index (χ1v) is 9.93. The van der Waals surface area contributed by atoms with E-state index in [4.69, 9.17) is 14.2 Å². The van der Waals surface area contributed by atoms with E-state index in [0.29, 0.717) is 42.7 Å². The standard InChI is InChI=1S/C23H27N3O4/c1-5-28-21-12-7-17(14-22(21)29-6-2)15-30-19-10-8-18(9-11-19)24-23(27)20-13-16(3)26(4)25-20/h7-14H,5-6,15H2,1-4H3,(H,24,27). The van der Waals surface area contributed by atoms with Gasteiger partial charge in [0, 0.05) is 18.4 Å². The van der Waals surface area contributed by atoms with Crippen molar-refractivity contribution in [2.24, 2.45) is 7.05 Å². The van der Waals surface area contributed by atoms with Gasteiger partial charge in [-0.2, -0.15) is 5.10 Å². The van der Waals surface area contributed by atoms with Crippen molar-refractivity contribution >= 4 is 11.6 Å². The molecule has 1 N–H and O–H groups in total. The van der Waals surface area contributed by atoms with E-state index in [2.05, 4.69) is 10.4 Å². The number of benzene rings is 2. The van der Waals surface area contributed by atoms with E-state index in [1.165, 1.54) is 0 Å². The summed E-state index contributed by atoms with van der Waals surface area (Å²) in [4.78, 5) is 12.3. The number of amides is 1. The molecule has 0 spiro atoms. The normalized spacial score (nSPS) is 10.5. The Balaban J connectivity index is 1.59. The van der Waals surface area contributed by atoms with Gasteiger partial charge in [-0.1, -0.05) is 6.07 Å². The summed E-state index contributed by atoms with van der Waals surface area (Å²) in [5.41, 5.74) is 2.96. The zero-order valence-corrected chi connectivity index (χ0v) is 17.8. The van der Waals surface area contributed by atoms with E-state index in [1.807, 2.05) is 51.1 Å². The van der Waals surface area contributed by atoms with Gasteiger partial charge in [0.15, 0.2) is 17.2 Å². The Bertz CT molecular complexity index is 977. The Morgan fingerprint density at radius 3 is 2.30 bits per heavy atom. The van der Waals surface area contributed by atoms with Crippen molar-refractivity contribution in [3.05, 3.63) is 65.5 Å². The second-order valence-corrected chi connectivity index (χ2v) is 6.71. The van der Waals surface area contributed by atoms with Gasteiger partial charge in [0.1, 0.15) is 12.4 Å². The molecule has 0 unspecified atom stereocenters. The van der Waals surface area contributed by atoms with Gasteiger partial charge in [0.25, 0.3) is 5.91 Å². The van der Waals surface area contributed by atoms with Gasteiger partial charge in [0.2, 0.25) is 0 Å². The van der Waals surface area contributed by atoms with Crippen LogP contribution >= 0.6 is 0 Å². The summed E-state index contributed by atoms with van der Waals surface area (Å²) in [6.07, 6.45) is 0. The number of aromatic nitrogens is 2. The van der Waals surface area contributed by atoms with E-state index >= 15 is 0 Å². The predicted molar refractivity (Wildman–Crippen MR) is 115 cm³/mol. The van der Waals surface area contributed by atoms with Gasteiger partial charge in [0.05, 0.1) is 13.2 Å². The molecule has 158 valence electrons. The van der Waals surface area contributed by atoms with Crippen LogP contribution in [-0.4, -0.2) is 28.9 Å². The monoisotopic (exact) mass is 409 g/mol. The number of hydrogen-bond acceptors (Lipinski definition) is 5. The zero-order chi connectivity index (χ0) is 21.5. The largest absolute Gasteiger partial charge is 0.490 e. The summed E-state index contributed by atoms with van der Waals surface area (Å²) in [6.45, 7) is 7.32. The maximum Gasteiger partial charge on any atom is 0.276 e. The molecule has 0 aliphatic rings. The van der Waals surface area contributed by atoms with Crippen LogP contribution in [0.4, 0.5) is 5.69 Å². The lowest BCUT2D eigenvalue weighted by Crippen LogP contribution is -2.12. The minimum atomic E-state index is -0.245. The zero-order valence-electron chi connectivity index (χ0n) is 17.8. The Morgan fingerprint density at radius 1 is 0.967 bits per heavy atom. The Morgan fingerprint density at radius 2 is 1.67 bits per heavy atom. The summed E-state index contributed by atoms with van der Waals surface area (Å²) < 4.78 is 18.8. The molecule has 0 aliphatic carbocycles. The second kappa shape index (κ2) is 9.82. The van der Waals surface area contributed by atoms with Crippen molar-refractivity contribution in [2.75, 3.05) is 18.5 Å². The van der Waals surface area contributed by atoms with Crippen LogP contribution in [0.1, 0.15) is 35.6 Å². The molecule has 0 saturated heterocycles. The molecule has 1 amide bonds. The van der Waals surface area contributed by atoms with Gasteiger partial charge in [-0.15, -0.1) is 0 Å². The minimum Gasteiger partial charge on any atom is -0.490 e. The van der Waals surface area contributed by atoms with E-state index in [1.54, 1.807) is 29.9 Å². The number of rotatable bonds is 9. The molecule has 2 aromatic carbocycles. The first-order valence-electron chi connectivity index (χ1n) is 9.93. The average Bonchev–Trinajstić information content (AvgIpc) is 3.08. The number of carbonyl (C=O) groups excluding carboxylic acids is 1. The molecule has 3 rings (SSSR count). The molecule has 0 saturated carbocycles. The van der Waals surface area contributed by atoms with Crippen molar-refractivity contribution in [1.29, 1.82) is 0 Å². The highest BCUT2D eigenvalue weighted by Crippen LogP contribution is 2.29. The summed E-state index contributed by atoms with van der Waals surface area (Å²) in [5, 5.41) is 7.02. The minimum absolute atomic E-state index is 0.245. The molecule has 0 bridgehead atoms. The molecule has 7 heteroatoms. The highest BCUT2D eigenvalue weighted by Gasteiger charge is 2.11. The summed E-state index contributed by atoms with van der Waals surface area (Å²) >= 11 is 0. The highest BCUT2D eigenvalue weighted by molar-refractivity contribution is 6.02. The van der Waals surface area contributed by atoms with Gasteiger partial charge in [-0.25, -0.2) is 0 Å². The van der Waals surface area contributed by atoms with Crippen LogP contribution in [0.5, 0.6) is 17.2 Å². The maximum atomic E-state index is 12.3. The van der Waals surface area contributed by atoms with Crippen LogP contribution in [0.3, 0.4) is 0 Å². The highest BCUT2D eigenvalue weighted by atomic mass is 16.5. The van der Waals surface area contributed by atoms with Crippen LogP contribution < -0.4 is 19.5 Å². The molecule has 0 fully saturated rings. The van der Waals surface area contributed by atoms with Gasteiger partial charge >= 0.3 is 0 Å². The van der Waals surface area contributed by atoms with Crippen LogP contribution in [0.15, 0.2) is 48.5 Å². The van der Waals surface area contributed by atoms with Crippen molar-refractivity contribution < 1.29 is 19.0 Å². The topological polar surface area (TPSA) is 74.6 Å². The number of nitrogens with zero attached hydrogens (tertiary/aromatic N) is 2. The number of anilines is 1.